The van der Waals surface area contributed by atoms with E-state index in [1.54, 1.807) is 0 Å². The maximum Gasteiger partial charge on any atom is 0.265 e. The number of aryl methyl sites for hydroxylation is 2. The van der Waals surface area contributed by atoms with Crippen molar-refractivity contribution in [1.82, 2.24) is 9.97 Å². The molecule has 2 heterocycles. The number of amides is 1. The molecule has 1 aliphatic heterocycles. The minimum absolute atomic E-state index is 0.132. The summed E-state index contributed by atoms with van der Waals surface area (Å²) >= 11 is 0. The van der Waals surface area contributed by atoms with Crippen LogP contribution in [0, 0.1) is 6.92 Å². The summed E-state index contributed by atoms with van der Waals surface area (Å²) in [6.07, 6.45) is 1.03. The molecule has 0 spiro atoms. The molecule has 0 aliphatic carbocycles. The van der Waals surface area contributed by atoms with Crippen molar-refractivity contribution in [3.05, 3.63) is 66.0 Å². The van der Waals surface area contributed by atoms with Crippen LogP contribution in [-0.2, 0) is 11.2 Å². The van der Waals surface area contributed by atoms with Gasteiger partial charge in [0.15, 0.2) is 6.10 Å². The predicted octanol–water partition coefficient (Wildman–Crippen LogP) is 4.29. The van der Waals surface area contributed by atoms with Crippen LogP contribution >= 0.6 is 0 Å². The molecule has 7 heteroatoms. The lowest BCUT2D eigenvalue weighted by atomic mass is 10.0. The molecule has 1 aliphatic rings. The van der Waals surface area contributed by atoms with E-state index >= 15 is 0 Å². The van der Waals surface area contributed by atoms with Crippen molar-refractivity contribution >= 4 is 28.9 Å². The molecule has 0 radical (unpaired) electrons. The van der Waals surface area contributed by atoms with Gasteiger partial charge in [0.2, 0.25) is 0 Å². The Morgan fingerprint density at radius 3 is 2.60 bits per heavy atom. The van der Waals surface area contributed by atoms with Gasteiger partial charge in [0, 0.05) is 24.0 Å². The third kappa shape index (κ3) is 4.68. The molecule has 1 atom stereocenters. The number of nitrogens with zero attached hydrogens (tertiary/aromatic N) is 2. The molecule has 7 nitrogen and oxygen atoms in total. The van der Waals surface area contributed by atoms with E-state index in [0.29, 0.717) is 18.1 Å². The van der Waals surface area contributed by atoms with Gasteiger partial charge in [-0.15, -0.1) is 0 Å². The van der Waals surface area contributed by atoms with Crippen molar-refractivity contribution in [2.45, 2.75) is 32.8 Å². The van der Waals surface area contributed by atoms with Crippen LogP contribution in [0.5, 0.6) is 5.75 Å². The second kappa shape index (κ2) is 8.82. The first-order chi connectivity index (χ1) is 14.6. The number of carbonyl (C=O) groups is 1. The Balaban J connectivity index is 1.38. The van der Waals surface area contributed by atoms with Crippen molar-refractivity contribution in [3.63, 3.8) is 0 Å². The van der Waals surface area contributed by atoms with Crippen LogP contribution < -0.4 is 20.7 Å². The molecule has 1 amide bonds. The average Bonchev–Trinajstić information content (AvgIpc) is 2.74. The summed E-state index contributed by atoms with van der Waals surface area (Å²) in [5.41, 5.74) is 2.74. The summed E-state index contributed by atoms with van der Waals surface area (Å²) in [6, 6.07) is 17.2. The molecule has 2 aromatic carbocycles. The summed E-state index contributed by atoms with van der Waals surface area (Å²) in [7, 11) is 0. The second-order valence-corrected chi connectivity index (χ2v) is 7.16. The first-order valence-corrected chi connectivity index (χ1v) is 10.1. The molecular formula is C23H25N5O2. The van der Waals surface area contributed by atoms with Gasteiger partial charge < -0.3 is 20.7 Å². The number of rotatable bonds is 6. The zero-order valence-corrected chi connectivity index (χ0v) is 17.1. The Morgan fingerprint density at radius 1 is 1.07 bits per heavy atom. The quantitative estimate of drug-likeness (QED) is 0.569. The maximum atomic E-state index is 12.6. The smallest absolute Gasteiger partial charge is 0.265 e. The number of para-hydroxylation sites is 1. The van der Waals surface area contributed by atoms with E-state index in [2.05, 4.69) is 25.9 Å². The fraction of sp³-hybridized carbons (Fsp3) is 0.261. The normalized spacial score (nSPS) is 14.9. The minimum Gasteiger partial charge on any atom is -0.480 e. The van der Waals surface area contributed by atoms with Crippen LogP contribution in [0.15, 0.2) is 54.6 Å². The van der Waals surface area contributed by atoms with Gasteiger partial charge in [-0.25, -0.2) is 9.97 Å². The standard InChI is InChI=1S/C23H25N5O2/c1-3-24-21-14-22(26-15(2)25-21)27-17-9-11-18(12-10-17)28-23(29)20-13-8-16-6-4-5-7-19(16)30-20/h4-7,9-12,14,20H,3,8,13H2,1-2H3,(H,28,29)(H2,24,25,26,27). The Bertz CT molecular complexity index is 1040. The second-order valence-electron chi connectivity index (χ2n) is 7.16. The SMILES string of the molecule is CCNc1cc(Nc2ccc(NC(=O)C3CCc4ccccc4O3)cc2)nc(C)n1. The number of aromatic nitrogens is 2. The molecule has 1 aromatic heterocycles. The topological polar surface area (TPSA) is 88.2 Å². The van der Waals surface area contributed by atoms with Gasteiger partial charge in [-0.05, 0) is 62.6 Å². The Hall–Kier alpha value is -3.61. The summed E-state index contributed by atoms with van der Waals surface area (Å²) < 4.78 is 5.87. The van der Waals surface area contributed by atoms with Gasteiger partial charge >= 0.3 is 0 Å². The number of nitrogens with one attached hydrogen (secondary N) is 3. The van der Waals surface area contributed by atoms with E-state index < -0.39 is 6.10 Å². The largest absolute Gasteiger partial charge is 0.480 e. The molecule has 30 heavy (non-hydrogen) atoms. The molecule has 0 saturated heterocycles. The highest BCUT2D eigenvalue weighted by Crippen LogP contribution is 2.28. The minimum atomic E-state index is -0.480. The summed E-state index contributed by atoms with van der Waals surface area (Å²) in [5.74, 6) is 2.84. The van der Waals surface area contributed by atoms with Gasteiger partial charge in [-0.1, -0.05) is 18.2 Å². The van der Waals surface area contributed by atoms with Crippen LogP contribution in [0.4, 0.5) is 23.0 Å². The van der Waals surface area contributed by atoms with E-state index in [1.165, 1.54) is 0 Å². The molecule has 3 N–H and O–H groups in total. The van der Waals surface area contributed by atoms with E-state index in [9.17, 15) is 4.79 Å². The first kappa shape index (κ1) is 19.7. The maximum absolute atomic E-state index is 12.6. The highest BCUT2D eigenvalue weighted by atomic mass is 16.5. The number of ether oxygens (including phenoxy) is 1. The predicted molar refractivity (Wildman–Crippen MR) is 118 cm³/mol. The number of carbonyl (C=O) groups excluding carboxylic acids is 1. The highest BCUT2D eigenvalue weighted by molar-refractivity contribution is 5.94. The molecule has 1 unspecified atom stereocenters. The molecule has 3 aromatic rings. The lowest BCUT2D eigenvalue weighted by molar-refractivity contribution is -0.123. The third-order valence-corrected chi connectivity index (χ3v) is 4.83. The summed E-state index contributed by atoms with van der Waals surface area (Å²) in [6.45, 7) is 4.67. The van der Waals surface area contributed by atoms with Gasteiger partial charge in [-0.2, -0.15) is 0 Å². The highest BCUT2D eigenvalue weighted by Gasteiger charge is 2.25. The van der Waals surface area contributed by atoms with Crippen LogP contribution in [0.1, 0.15) is 24.7 Å². The fourth-order valence-corrected chi connectivity index (χ4v) is 3.42. The number of anilines is 4. The van der Waals surface area contributed by atoms with Crippen molar-refractivity contribution in [1.29, 1.82) is 0 Å². The Morgan fingerprint density at radius 2 is 1.80 bits per heavy atom. The zero-order valence-electron chi connectivity index (χ0n) is 17.1. The first-order valence-electron chi connectivity index (χ1n) is 10.1. The Labute approximate surface area is 175 Å². The van der Waals surface area contributed by atoms with Gasteiger partial charge in [-0.3, -0.25) is 4.79 Å². The van der Waals surface area contributed by atoms with Crippen molar-refractivity contribution in [2.75, 3.05) is 22.5 Å². The van der Waals surface area contributed by atoms with Gasteiger partial charge in [0.05, 0.1) is 0 Å². The van der Waals surface area contributed by atoms with Gasteiger partial charge in [0.25, 0.3) is 5.91 Å². The van der Waals surface area contributed by atoms with E-state index in [1.807, 2.05) is 68.4 Å². The molecule has 0 fully saturated rings. The lowest BCUT2D eigenvalue weighted by Crippen LogP contribution is -2.35. The molecule has 154 valence electrons. The fourth-order valence-electron chi connectivity index (χ4n) is 3.42. The third-order valence-electron chi connectivity index (χ3n) is 4.83. The zero-order chi connectivity index (χ0) is 20.9. The Kier molecular flexibility index (Phi) is 5.79. The van der Waals surface area contributed by atoms with Crippen LogP contribution in [-0.4, -0.2) is 28.5 Å². The van der Waals surface area contributed by atoms with Crippen LogP contribution in [0.25, 0.3) is 0 Å². The molecule has 0 saturated carbocycles. The van der Waals surface area contributed by atoms with Crippen LogP contribution in [0.2, 0.25) is 0 Å². The molecule has 0 bridgehead atoms. The monoisotopic (exact) mass is 403 g/mol. The van der Waals surface area contributed by atoms with Gasteiger partial charge in [0.1, 0.15) is 23.2 Å². The average molecular weight is 403 g/mol. The number of hydrogen-bond acceptors (Lipinski definition) is 6. The van der Waals surface area contributed by atoms with Crippen molar-refractivity contribution in [2.24, 2.45) is 0 Å². The van der Waals surface area contributed by atoms with E-state index in [0.717, 1.165) is 41.5 Å². The van der Waals surface area contributed by atoms with E-state index in [4.69, 9.17) is 4.74 Å². The number of benzene rings is 2. The van der Waals surface area contributed by atoms with E-state index in [-0.39, 0.29) is 5.91 Å². The van der Waals surface area contributed by atoms with Crippen molar-refractivity contribution < 1.29 is 9.53 Å². The van der Waals surface area contributed by atoms with Crippen LogP contribution in [0.3, 0.4) is 0 Å². The molecular weight excluding hydrogens is 378 g/mol. The lowest BCUT2D eigenvalue weighted by Gasteiger charge is -2.25. The molecule has 4 rings (SSSR count). The number of hydrogen-bond donors (Lipinski definition) is 3. The number of fused-ring (bicyclic) bond motifs is 1. The summed E-state index contributed by atoms with van der Waals surface area (Å²) in [4.78, 5) is 21.4. The van der Waals surface area contributed by atoms with Crippen molar-refractivity contribution in [3.8, 4) is 5.75 Å². The summed E-state index contributed by atoms with van der Waals surface area (Å²) in [5, 5.41) is 9.40.